The molecule has 3 nitrogen and oxygen atoms in total. The monoisotopic (exact) mass is 269 g/mol. The first-order valence-electron chi connectivity index (χ1n) is 6.52. The van der Waals surface area contributed by atoms with E-state index in [4.69, 9.17) is 11.6 Å². The predicted octanol–water partition coefficient (Wildman–Crippen LogP) is 2.27. The van der Waals surface area contributed by atoms with Crippen molar-refractivity contribution in [1.82, 2.24) is 5.32 Å². The lowest BCUT2D eigenvalue weighted by atomic mass is 9.92. The molecule has 1 saturated carbocycles. The Morgan fingerprint density at radius 3 is 2.56 bits per heavy atom. The first-order chi connectivity index (χ1) is 8.66. The van der Waals surface area contributed by atoms with Gasteiger partial charge in [-0.15, -0.1) is 0 Å². The molecule has 18 heavy (non-hydrogen) atoms. The lowest BCUT2D eigenvalue weighted by molar-refractivity contribution is 0.0798. The van der Waals surface area contributed by atoms with Crippen molar-refractivity contribution in [1.29, 1.82) is 0 Å². The largest absolute Gasteiger partial charge is 0.392 e. The van der Waals surface area contributed by atoms with Crippen LogP contribution >= 0.6 is 11.6 Å². The first kappa shape index (κ1) is 13.8. The maximum atomic E-state index is 10.0. The molecule has 0 aliphatic heterocycles. The van der Waals surface area contributed by atoms with E-state index in [9.17, 15) is 10.2 Å². The van der Waals surface area contributed by atoms with Gasteiger partial charge in [-0.05, 0) is 30.5 Å². The molecule has 1 fully saturated rings. The molecule has 100 valence electrons. The second-order valence-electron chi connectivity index (χ2n) is 4.93. The van der Waals surface area contributed by atoms with E-state index in [1.54, 1.807) is 12.1 Å². The number of aliphatic hydroxyl groups excluding tert-OH is 2. The highest BCUT2D eigenvalue weighted by atomic mass is 35.5. The molecule has 0 bridgehead atoms. The Kier molecular flexibility index (Phi) is 5.01. The molecule has 1 aliphatic carbocycles. The molecule has 0 spiro atoms. The van der Waals surface area contributed by atoms with E-state index < -0.39 is 6.10 Å². The molecule has 1 aliphatic rings. The maximum Gasteiger partial charge on any atom is 0.0914 e. The van der Waals surface area contributed by atoms with Gasteiger partial charge < -0.3 is 15.5 Å². The number of rotatable bonds is 4. The van der Waals surface area contributed by atoms with Gasteiger partial charge in [-0.25, -0.2) is 0 Å². The van der Waals surface area contributed by atoms with Crippen molar-refractivity contribution in [2.24, 2.45) is 0 Å². The lowest BCUT2D eigenvalue weighted by Gasteiger charge is -2.29. The van der Waals surface area contributed by atoms with Crippen LogP contribution in [0.25, 0.3) is 0 Å². The summed E-state index contributed by atoms with van der Waals surface area (Å²) in [6.45, 7) is 0.462. The summed E-state index contributed by atoms with van der Waals surface area (Å²) in [5.41, 5.74) is 0.845. The van der Waals surface area contributed by atoms with Crippen LogP contribution in [0, 0.1) is 0 Å². The molecule has 1 aromatic carbocycles. The fourth-order valence-corrected chi connectivity index (χ4v) is 2.54. The molecule has 3 N–H and O–H groups in total. The lowest BCUT2D eigenvalue weighted by Crippen LogP contribution is -2.43. The van der Waals surface area contributed by atoms with Crippen molar-refractivity contribution >= 4 is 11.6 Å². The van der Waals surface area contributed by atoms with Crippen molar-refractivity contribution in [3.8, 4) is 0 Å². The molecule has 2 rings (SSSR count). The fourth-order valence-electron chi connectivity index (χ4n) is 2.42. The summed E-state index contributed by atoms with van der Waals surface area (Å²) in [4.78, 5) is 0. The van der Waals surface area contributed by atoms with Crippen LogP contribution in [0.5, 0.6) is 0 Å². The van der Waals surface area contributed by atoms with Crippen molar-refractivity contribution in [2.45, 2.75) is 43.9 Å². The van der Waals surface area contributed by atoms with Crippen LogP contribution < -0.4 is 5.32 Å². The highest BCUT2D eigenvalue weighted by Gasteiger charge is 2.23. The number of aliphatic hydroxyl groups is 2. The van der Waals surface area contributed by atoms with Gasteiger partial charge in [0.1, 0.15) is 0 Å². The van der Waals surface area contributed by atoms with Crippen molar-refractivity contribution in [2.75, 3.05) is 6.54 Å². The van der Waals surface area contributed by atoms with Gasteiger partial charge in [0.15, 0.2) is 0 Å². The van der Waals surface area contributed by atoms with Crippen molar-refractivity contribution < 1.29 is 10.2 Å². The van der Waals surface area contributed by atoms with Crippen LogP contribution in [-0.2, 0) is 0 Å². The highest BCUT2D eigenvalue weighted by molar-refractivity contribution is 6.30. The van der Waals surface area contributed by atoms with Gasteiger partial charge in [-0.3, -0.25) is 0 Å². The second-order valence-corrected chi connectivity index (χ2v) is 5.37. The third kappa shape index (κ3) is 3.69. The Morgan fingerprint density at radius 1 is 1.22 bits per heavy atom. The minimum absolute atomic E-state index is 0.112. The Bertz CT molecular complexity index is 369. The zero-order chi connectivity index (χ0) is 13.0. The molecule has 0 heterocycles. The highest BCUT2D eigenvalue weighted by Crippen LogP contribution is 2.20. The number of halogens is 1. The van der Waals surface area contributed by atoms with Gasteiger partial charge in [-0.2, -0.15) is 0 Å². The summed E-state index contributed by atoms with van der Waals surface area (Å²) in [7, 11) is 0. The minimum atomic E-state index is -0.559. The van der Waals surface area contributed by atoms with Crippen molar-refractivity contribution in [3.63, 3.8) is 0 Å². The van der Waals surface area contributed by atoms with Crippen LogP contribution in [0.15, 0.2) is 24.3 Å². The van der Waals surface area contributed by atoms with Crippen molar-refractivity contribution in [3.05, 3.63) is 34.9 Å². The Morgan fingerprint density at radius 2 is 1.89 bits per heavy atom. The number of nitrogens with one attached hydrogen (secondary N) is 1. The van der Waals surface area contributed by atoms with Gasteiger partial charge in [0.05, 0.1) is 12.2 Å². The van der Waals surface area contributed by atoms with E-state index in [0.717, 1.165) is 31.2 Å². The van der Waals surface area contributed by atoms with Crippen LogP contribution in [-0.4, -0.2) is 28.9 Å². The summed E-state index contributed by atoms with van der Waals surface area (Å²) in [5.74, 6) is 0. The number of hydrogen-bond donors (Lipinski definition) is 3. The topological polar surface area (TPSA) is 52.5 Å². The standard InChI is InChI=1S/C14H20ClNO2/c15-11-7-5-10(6-8-11)14(18)9-16-12-3-1-2-4-13(12)17/h5-8,12-14,16-18H,1-4,9H2. The van der Waals surface area contributed by atoms with Crippen LogP contribution in [0.2, 0.25) is 5.02 Å². The number of hydrogen-bond acceptors (Lipinski definition) is 3. The van der Waals surface area contributed by atoms with Gasteiger partial charge >= 0.3 is 0 Å². The quantitative estimate of drug-likeness (QED) is 0.786. The molecule has 3 unspecified atom stereocenters. The normalized spacial score (nSPS) is 25.9. The summed E-state index contributed by atoms with van der Waals surface area (Å²) in [6.07, 6.45) is 3.24. The number of benzene rings is 1. The molecule has 4 heteroatoms. The zero-order valence-corrected chi connectivity index (χ0v) is 11.1. The Labute approximate surface area is 113 Å². The van der Waals surface area contributed by atoms with Gasteiger partial charge in [0.25, 0.3) is 0 Å². The molecule has 1 aromatic rings. The zero-order valence-electron chi connectivity index (χ0n) is 10.3. The van der Waals surface area contributed by atoms with Crippen LogP contribution in [0.1, 0.15) is 37.4 Å². The van der Waals surface area contributed by atoms with Crippen LogP contribution in [0.3, 0.4) is 0 Å². The summed E-state index contributed by atoms with van der Waals surface area (Å²) in [5, 5.41) is 23.8. The molecule has 3 atom stereocenters. The second kappa shape index (κ2) is 6.53. The summed E-state index contributed by atoms with van der Waals surface area (Å²) >= 11 is 5.80. The predicted molar refractivity (Wildman–Crippen MR) is 72.7 cm³/mol. The van der Waals surface area contributed by atoms with Crippen LogP contribution in [0.4, 0.5) is 0 Å². The molecular weight excluding hydrogens is 250 g/mol. The van der Waals surface area contributed by atoms with Gasteiger partial charge in [0, 0.05) is 17.6 Å². The van der Waals surface area contributed by atoms with Gasteiger partial charge in [-0.1, -0.05) is 36.6 Å². The van der Waals surface area contributed by atoms with E-state index in [-0.39, 0.29) is 12.1 Å². The molecule has 0 aromatic heterocycles. The summed E-state index contributed by atoms with van der Waals surface area (Å²) in [6, 6.07) is 7.31. The fraction of sp³-hybridized carbons (Fsp3) is 0.571. The summed E-state index contributed by atoms with van der Waals surface area (Å²) < 4.78 is 0. The molecule has 0 saturated heterocycles. The van der Waals surface area contributed by atoms with E-state index in [2.05, 4.69) is 5.32 Å². The minimum Gasteiger partial charge on any atom is -0.392 e. The third-order valence-electron chi connectivity index (χ3n) is 3.56. The van der Waals surface area contributed by atoms with E-state index in [0.29, 0.717) is 11.6 Å². The molecule has 0 amide bonds. The van der Waals surface area contributed by atoms with E-state index in [1.807, 2.05) is 12.1 Å². The first-order valence-corrected chi connectivity index (χ1v) is 6.89. The van der Waals surface area contributed by atoms with Gasteiger partial charge in [0.2, 0.25) is 0 Å². The third-order valence-corrected chi connectivity index (χ3v) is 3.81. The van der Waals surface area contributed by atoms with E-state index >= 15 is 0 Å². The van der Waals surface area contributed by atoms with E-state index in [1.165, 1.54) is 0 Å². The SMILES string of the molecule is OC(CNC1CCCCC1O)c1ccc(Cl)cc1. The smallest absolute Gasteiger partial charge is 0.0914 e. The molecule has 0 radical (unpaired) electrons. The molecular formula is C14H20ClNO2. The Hall–Kier alpha value is -0.610. The average molecular weight is 270 g/mol. The Balaban J connectivity index is 1.83. The average Bonchev–Trinajstić information content (AvgIpc) is 2.38. The maximum absolute atomic E-state index is 10.0.